The van der Waals surface area contributed by atoms with Crippen molar-refractivity contribution >= 4 is 17.2 Å². The van der Waals surface area contributed by atoms with Crippen LogP contribution in [0, 0.1) is 11.8 Å². The molecule has 134 valence electrons. The summed E-state index contributed by atoms with van der Waals surface area (Å²) >= 11 is 1.66. The molecule has 4 nitrogen and oxygen atoms in total. The van der Waals surface area contributed by atoms with Gasteiger partial charge < -0.3 is 15.3 Å². The monoisotopic (exact) mass is 366 g/mol. The fraction of sp³-hybridized carbons (Fsp3) is 0.381. The van der Waals surface area contributed by atoms with Gasteiger partial charge in [-0.15, -0.1) is 11.3 Å². The number of hydrogen-bond donors (Lipinski definition) is 2. The lowest BCUT2D eigenvalue weighted by atomic mass is 10.1. The first-order chi connectivity index (χ1) is 12.7. The van der Waals surface area contributed by atoms with E-state index in [9.17, 15) is 4.79 Å². The van der Waals surface area contributed by atoms with Crippen molar-refractivity contribution in [3.05, 3.63) is 57.3 Å². The highest BCUT2D eigenvalue weighted by atomic mass is 32.1. The highest BCUT2D eigenvalue weighted by Gasteiger charge is 2.36. The van der Waals surface area contributed by atoms with Crippen LogP contribution in [-0.2, 0) is 24.2 Å². The number of thiophene rings is 1. The molecule has 26 heavy (non-hydrogen) atoms. The second kappa shape index (κ2) is 7.63. The molecule has 1 atom stereocenters. The molecule has 0 bridgehead atoms. The normalized spacial score (nSPS) is 19.5. The van der Waals surface area contributed by atoms with Gasteiger partial charge in [-0.3, -0.25) is 4.79 Å². The molecule has 0 saturated carbocycles. The fourth-order valence-electron chi connectivity index (χ4n) is 3.90. The summed E-state index contributed by atoms with van der Waals surface area (Å²) in [6.07, 6.45) is 2.54. The maximum absolute atomic E-state index is 12.5. The summed E-state index contributed by atoms with van der Waals surface area (Å²) in [5.74, 6) is 5.85. The average Bonchev–Trinajstić information content (AvgIpc) is 3.35. The summed E-state index contributed by atoms with van der Waals surface area (Å²) in [7, 11) is 0. The summed E-state index contributed by atoms with van der Waals surface area (Å²) in [5.41, 5.74) is 3.71. The van der Waals surface area contributed by atoms with E-state index in [2.05, 4.69) is 46.3 Å². The maximum Gasteiger partial charge on any atom is 0.224 e. The van der Waals surface area contributed by atoms with Gasteiger partial charge in [0.2, 0.25) is 5.91 Å². The van der Waals surface area contributed by atoms with Crippen LogP contribution in [0.5, 0.6) is 0 Å². The molecule has 1 aromatic carbocycles. The first-order valence-electron chi connectivity index (χ1n) is 8.99. The third-order valence-corrected chi connectivity index (χ3v) is 6.10. The second-order valence-corrected chi connectivity index (χ2v) is 7.92. The van der Waals surface area contributed by atoms with Crippen molar-refractivity contribution < 1.29 is 9.90 Å². The van der Waals surface area contributed by atoms with Gasteiger partial charge in [-0.2, -0.15) is 0 Å². The van der Waals surface area contributed by atoms with Crippen LogP contribution in [0.15, 0.2) is 35.7 Å². The Hall–Kier alpha value is -2.13. The van der Waals surface area contributed by atoms with E-state index in [1.807, 2.05) is 11.4 Å². The number of carbonyl (C=O) groups is 1. The maximum atomic E-state index is 12.5. The van der Waals surface area contributed by atoms with Crippen LogP contribution >= 0.6 is 11.3 Å². The second-order valence-electron chi connectivity index (χ2n) is 6.92. The zero-order valence-electron chi connectivity index (χ0n) is 14.6. The van der Waals surface area contributed by atoms with E-state index in [0.29, 0.717) is 12.5 Å². The number of benzene rings is 1. The van der Waals surface area contributed by atoms with Crippen molar-refractivity contribution in [1.29, 1.82) is 0 Å². The average molecular weight is 366 g/mol. The van der Waals surface area contributed by atoms with E-state index >= 15 is 0 Å². The molecule has 1 fully saturated rings. The molecule has 5 heteroatoms. The smallest absolute Gasteiger partial charge is 0.224 e. The number of aliphatic hydroxyl groups is 1. The van der Waals surface area contributed by atoms with Gasteiger partial charge in [0.05, 0.1) is 0 Å². The van der Waals surface area contributed by atoms with Crippen LogP contribution in [0.4, 0.5) is 0 Å². The molecular weight excluding hydrogens is 344 g/mol. The number of rotatable bonds is 4. The molecule has 0 unspecified atom stereocenters. The van der Waals surface area contributed by atoms with Gasteiger partial charge in [-0.05, 0) is 30.0 Å². The van der Waals surface area contributed by atoms with E-state index < -0.39 is 0 Å². The largest absolute Gasteiger partial charge is 0.384 e. The van der Waals surface area contributed by atoms with Gasteiger partial charge in [0, 0.05) is 47.4 Å². The lowest BCUT2D eigenvalue weighted by Crippen LogP contribution is -2.39. The molecule has 2 heterocycles. The van der Waals surface area contributed by atoms with Crippen molar-refractivity contribution in [3.8, 4) is 11.8 Å². The van der Waals surface area contributed by atoms with E-state index in [1.165, 1.54) is 16.0 Å². The predicted octanol–water partition coefficient (Wildman–Crippen LogP) is 1.95. The van der Waals surface area contributed by atoms with E-state index in [-0.39, 0.29) is 18.6 Å². The Morgan fingerprint density at radius 1 is 1.23 bits per heavy atom. The number of nitrogens with zero attached hydrogens (tertiary/aromatic N) is 1. The Bertz CT molecular complexity index is 839. The van der Waals surface area contributed by atoms with Crippen molar-refractivity contribution in [2.45, 2.75) is 37.9 Å². The van der Waals surface area contributed by atoms with Crippen molar-refractivity contribution in [2.24, 2.45) is 0 Å². The minimum atomic E-state index is -0.117. The molecule has 1 aliphatic carbocycles. The summed E-state index contributed by atoms with van der Waals surface area (Å²) in [6, 6.07) is 11.1. The minimum Gasteiger partial charge on any atom is -0.384 e. The highest BCUT2D eigenvalue weighted by Crippen LogP contribution is 2.28. The molecule has 2 aromatic rings. The number of likely N-dealkylation sites (tertiary alicyclic amines) is 1. The summed E-state index contributed by atoms with van der Waals surface area (Å²) < 4.78 is 0. The van der Waals surface area contributed by atoms with Gasteiger partial charge in [0.25, 0.3) is 0 Å². The van der Waals surface area contributed by atoms with E-state index in [0.717, 1.165) is 31.5 Å². The third kappa shape index (κ3) is 3.68. The highest BCUT2D eigenvalue weighted by molar-refractivity contribution is 7.10. The van der Waals surface area contributed by atoms with Crippen LogP contribution in [0.1, 0.15) is 28.0 Å². The topological polar surface area (TPSA) is 52.6 Å². The van der Waals surface area contributed by atoms with Gasteiger partial charge in [0.15, 0.2) is 0 Å². The van der Waals surface area contributed by atoms with E-state index in [1.54, 1.807) is 11.3 Å². The molecule has 4 rings (SSSR count). The van der Waals surface area contributed by atoms with Crippen LogP contribution in [0.3, 0.4) is 0 Å². The molecular formula is C21H22N2O2S. The first kappa shape index (κ1) is 17.3. The number of fused-ring (bicyclic) bond motifs is 1. The standard InChI is InChI=1S/C21H22N2O2S/c24-7-3-4-15-8-20(26-14-15)12-22-18-11-21(25)23(13-18)19-9-16-5-1-2-6-17(16)10-19/h1-2,5-6,8,14,18-19,22,24H,7,9-13H2/t18-/m0/s1. The Labute approximate surface area is 157 Å². The molecule has 1 saturated heterocycles. The molecule has 2 aliphatic rings. The van der Waals surface area contributed by atoms with E-state index in [4.69, 9.17) is 5.11 Å². The third-order valence-electron chi connectivity index (χ3n) is 5.16. The molecule has 1 amide bonds. The predicted molar refractivity (Wildman–Crippen MR) is 103 cm³/mol. The van der Waals surface area contributed by atoms with Crippen molar-refractivity contribution in [2.75, 3.05) is 13.2 Å². The lowest BCUT2D eigenvalue weighted by Gasteiger charge is -2.24. The minimum absolute atomic E-state index is 0.117. The van der Waals surface area contributed by atoms with Crippen LogP contribution in [0.25, 0.3) is 0 Å². The zero-order chi connectivity index (χ0) is 17.9. The molecule has 0 spiro atoms. The molecule has 1 aromatic heterocycles. The van der Waals surface area contributed by atoms with Gasteiger partial charge >= 0.3 is 0 Å². The SMILES string of the molecule is O=C1C[C@H](NCc2cc(C#CCO)cs2)CN1C1Cc2ccccc2C1. The molecule has 1 aliphatic heterocycles. The van der Waals surface area contributed by atoms with Gasteiger partial charge in [0.1, 0.15) is 6.61 Å². The summed E-state index contributed by atoms with van der Waals surface area (Å²) in [6.45, 7) is 1.43. The van der Waals surface area contributed by atoms with Crippen molar-refractivity contribution in [3.63, 3.8) is 0 Å². The van der Waals surface area contributed by atoms with Gasteiger partial charge in [-0.25, -0.2) is 0 Å². The zero-order valence-corrected chi connectivity index (χ0v) is 15.4. The lowest BCUT2D eigenvalue weighted by molar-refractivity contribution is -0.129. The first-order valence-corrected chi connectivity index (χ1v) is 9.87. The fourth-order valence-corrected chi connectivity index (χ4v) is 4.67. The van der Waals surface area contributed by atoms with Crippen molar-refractivity contribution in [1.82, 2.24) is 10.2 Å². The quantitative estimate of drug-likeness (QED) is 0.814. The number of carbonyl (C=O) groups excluding carboxylic acids is 1. The van der Waals surface area contributed by atoms with Crippen LogP contribution < -0.4 is 5.32 Å². The van der Waals surface area contributed by atoms with Gasteiger partial charge in [-0.1, -0.05) is 36.1 Å². The number of aliphatic hydroxyl groups excluding tert-OH is 1. The molecule has 0 radical (unpaired) electrons. The van der Waals surface area contributed by atoms with Crippen LogP contribution in [-0.4, -0.2) is 41.1 Å². The number of amides is 1. The summed E-state index contributed by atoms with van der Waals surface area (Å²) in [4.78, 5) is 15.8. The molecule has 2 N–H and O–H groups in total. The number of nitrogens with one attached hydrogen (secondary N) is 1. The Balaban J connectivity index is 1.32. The summed E-state index contributed by atoms with van der Waals surface area (Å²) in [5, 5.41) is 14.3. The number of hydrogen-bond acceptors (Lipinski definition) is 4. The van der Waals surface area contributed by atoms with Crippen LogP contribution in [0.2, 0.25) is 0 Å². The Morgan fingerprint density at radius 2 is 2.00 bits per heavy atom. The Kier molecular flexibility index (Phi) is 5.07. The Morgan fingerprint density at radius 3 is 2.73 bits per heavy atom.